The van der Waals surface area contributed by atoms with Crippen LogP contribution in [0, 0.1) is 0 Å². The Morgan fingerprint density at radius 2 is 0.369 bits per heavy atom. The molecule has 17 heteroatoms. The van der Waals surface area contributed by atoms with E-state index in [-0.39, 0.29) is 37.1 Å². The summed E-state index contributed by atoms with van der Waals surface area (Å²) in [7, 11) is 36.1. The van der Waals surface area contributed by atoms with Gasteiger partial charge in [-0.25, -0.2) is 0 Å². The molecule has 23 rings (SSSR count). The van der Waals surface area contributed by atoms with Gasteiger partial charge < -0.3 is 33.8 Å². The highest BCUT2D eigenvalue weighted by molar-refractivity contribution is 7.20. The molecule has 2 aliphatic carbocycles. The quantitative estimate of drug-likeness (QED) is 0.139. The van der Waals surface area contributed by atoms with E-state index in [9.17, 15) is 0 Å². The monoisotopic (exact) mass is 1910 g/mol. The highest BCUT2D eigenvalue weighted by Crippen LogP contribution is 2.52. The predicted molar refractivity (Wildman–Crippen MR) is 624 cm³/mol. The van der Waals surface area contributed by atoms with Crippen LogP contribution in [-0.4, -0.2) is 88.6 Å². The fourth-order valence-corrected chi connectivity index (χ4v) is 20.0. The summed E-state index contributed by atoms with van der Waals surface area (Å²) < 4.78 is 4.56. The second-order valence-corrected chi connectivity index (χ2v) is 31.7. The van der Waals surface area contributed by atoms with Gasteiger partial charge in [0, 0.05) is 166 Å². The molecule has 14 aromatic rings. The van der Waals surface area contributed by atoms with Crippen LogP contribution in [0.25, 0.3) is 0 Å². The number of nitrogens with zero attached hydrogens (tertiary/aromatic N) is 7. The first-order valence-electron chi connectivity index (χ1n) is 43.2. The summed E-state index contributed by atoms with van der Waals surface area (Å²) in [4.78, 5) is 11.7. The van der Waals surface area contributed by atoms with Crippen LogP contribution in [0.2, 0.25) is 0 Å². The molecule has 7 aliphatic heterocycles. The Kier molecular flexibility index (Phi) is 45.8. The van der Waals surface area contributed by atoms with E-state index in [0.29, 0.717) is 0 Å². The first-order chi connectivity index (χ1) is 61.4. The number of para-hydroxylation sites is 8. The Hall–Kier alpha value is -8.02. The molecule has 10 unspecified atom stereocenters. The molecule has 7 heterocycles. The van der Waals surface area contributed by atoms with Crippen LogP contribution in [0.3, 0.4) is 0 Å². The molecule has 0 saturated carbocycles. The molecule has 7 nitrogen and oxygen atoms in total. The van der Waals surface area contributed by atoms with Crippen molar-refractivity contribution in [1.82, 2.24) is 0 Å². The molecular formula is C113H149N7P10. The number of benzene rings is 14. The van der Waals surface area contributed by atoms with E-state index in [2.05, 4.69) is 453 Å². The van der Waals surface area contributed by atoms with Crippen molar-refractivity contribution in [3.63, 3.8) is 0 Å². The molecule has 0 radical (unpaired) electrons. The van der Waals surface area contributed by atoms with Crippen molar-refractivity contribution in [2.24, 2.45) is 0 Å². The van der Waals surface area contributed by atoms with Gasteiger partial charge in [0.15, 0.2) is 0 Å². The summed E-state index contributed by atoms with van der Waals surface area (Å²) in [5.41, 5.74) is 50.7. The van der Waals surface area contributed by atoms with E-state index in [4.69, 9.17) is 0 Å². The molecule has 0 spiro atoms. The molecule has 14 aromatic carbocycles. The van der Waals surface area contributed by atoms with Crippen molar-refractivity contribution in [3.8, 4) is 0 Å². The zero-order valence-electron chi connectivity index (χ0n) is 75.4. The third-order valence-corrected chi connectivity index (χ3v) is 25.6. The Morgan fingerprint density at radius 1 is 0.154 bits per heavy atom. The third-order valence-electron chi connectivity index (χ3n) is 24.5. The van der Waals surface area contributed by atoms with Crippen molar-refractivity contribution < 1.29 is 0 Å². The summed E-state index contributed by atoms with van der Waals surface area (Å²) >= 11 is 0. The number of hydrogen-bond acceptors (Lipinski definition) is 7. The average Bonchev–Trinajstić information content (AvgIpc) is 0.748. The number of rotatable bonds is 0. The second-order valence-electron chi connectivity index (χ2n) is 30.6. The van der Waals surface area contributed by atoms with Crippen LogP contribution < -0.4 is 33.8 Å². The minimum atomic E-state index is 0. The minimum absolute atomic E-state index is 0. The number of hydrogen-bond donors (Lipinski definition) is 0. The summed E-state index contributed by atoms with van der Waals surface area (Å²) in [6.45, 7) is 15.3. The Bertz CT molecular complexity index is 5850. The number of anilines is 14. The van der Waals surface area contributed by atoms with E-state index in [1.54, 1.807) is 5.56 Å². The maximum absolute atomic E-state index is 2.93. The second kappa shape index (κ2) is 53.8. The van der Waals surface area contributed by atoms with Crippen LogP contribution >= 0.6 is 92.7 Å². The first kappa shape index (κ1) is 111. The van der Waals surface area contributed by atoms with Gasteiger partial charge in [-0.05, 0) is 228 Å². The average molecular weight is 1920 g/mol. The van der Waals surface area contributed by atoms with Crippen LogP contribution in [0.5, 0.6) is 0 Å². The van der Waals surface area contributed by atoms with Crippen LogP contribution in [-0.2, 0) is 70.6 Å². The van der Waals surface area contributed by atoms with E-state index in [1.807, 2.05) is 53.3 Å². The maximum atomic E-state index is 2.93. The maximum Gasteiger partial charge on any atom is 0.0533 e. The molecular weight excluding hydrogens is 1770 g/mol. The smallest absolute Gasteiger partial charge is 0.0533 e. The van der Waals surface area contributed by atoms with Gasteiger partial charge in [-0.15, -0.1) is 73.9 Å². The van der Waals surface area contributed by atoms with Gasteiger partial charge in [-0.1, -0.05) is 309 Å². The lowest BCUT2D eigenvalue weighted by atomic mass is 9.80. The molecule has 0 saturated heterocycles. The minimum Gasteiger partial charge on any atom is -0.344 e. The molecule has 0 fully saturated rings. The van der Waals surface area contributed by atoms with E-state index >= 15 is 0 Å². The fourth-order valence-electron chi connectivity index (χ4n) is 19.0. The lowest BCUT2D eigenvalue weighted by molar-refractivity contribution is 0.946. The molecule has 0 amide bonds. The summed E-state index contributed by atoms with van der Waals surface area (Å²) in [5, 5.41) is 0. The van der Waals surface area contributed by atoms with Gasteiger partial charge in [-0.3, -0.25) is 0 Å². The summed E-state index contributed by atoms with van der Waals surface area (Å²) in [5.74, 6) is 0. The molecule has 10 atom stereocenters. The predicted octanol–water partition coefficient (Wildman–Crippen LogP) is 30.6. The SMILES string of the molecule is C.C.C.C.C.CN1c2ccccc2Cc2c1ccc1c2Cc2ccccc2C1.CN1c2ccccc2Cc2c1ccc1c2N(P)c2ccccc2C1.CN1c2ccccc2Cc2cc3c(cc21)Cc1ccccc1N3P.CN1c2ccccc2Cc2ccc3c(c21)Cc1ccccc1C3.CN1c2ccccc2Cc2ccccc21.CP.CP.CP.CP.CP.CP.CP.CP. The van der Waals surface area contributed by atoms with Crippen LogP contribution in [0.1, 0.15) is 160 Å². The highest BCUT2D eigenvalue weighted by atomic mass is 31.0. The molecule has 686 valence electrons. The van der Waals surface area contributed by atoms with Gasteiger partial charge in [0.25, 0.3) is 0 Å². The summed E-state index contributed by atoms with van der Waals surface area (Å²) in [6, 6.07) is 106. The van der Waals surface area contributed by atoms with Gasteiger partial charge in [-0.2, -0.15) is 0 Å². The molecule has 0 aromatic heterocycles. The summed E-state index contributed by atoms with van der Waals surface area (Å²) in [6.07, 6.45) is 11.4. The lowest BCUT2D eigenvalue weighted by Crippen LogP contribution is -2.22. The zero-order valence-corrected chi connectivity index (χ0v) is 86.9. The Labute approximate surface area is 810 Å². The first-order valence-corrected chi connectivity index (χ1v) is 53.5. The van der Waals surface area contributed by atoms with Crippen molar-refractivity contribution in [3.05, 3.63) is 414 Å². The largest absolute Gasteiger partial charge is 0.344 e. The third kappa shape index (κ3) is 23.5. The fraction of sp³-hybridized carbons (Fsp3) is 0.257. The van der Waals surface area contributed by atoms with Crippen molar-refractivity contribution in [2.75, 3.05) is 122 Å². The molecule has 9 aliphatic rings. The molecule has 0 bridgehead atoms. The van der Waals surface area contributed by atoms with E-state index in [1.165, 1.54) is 196 Å². The van der Waals surface area contributed by atoms with E-state index in [0.717, 1.165) is 70.6 Å². The lowest BCUT2D eigenvalue weighted by Gasteiger charge is -2.37. The number of fused-ring (bicyclic) bond motifs is 21. The van der Waals surface area contributed by atoms with Crippen LogP contribution in [0.4, 0.5) is 79.6 Å². The Morgan fingerprint density at radius 3 is 0.769 bits per heavy atom. The Balaban J connectivity index is 0.000000240. The highest BCUT2D eigenvalue weighted by Gasteiger charge is 2.33. The standard InChI is InChI=1S/2C22H19N.2C21H19N2P.C14H13N.8CH5P.5CH4/c1-23-21-9-5-4-8-18(21)13-19-11-10-17-12-15-6-2-3-7-16(15)14-20(17)22(19)23;1-23-21-9-5-4-8-18(21)14-20-19-13-16-7-3-2-6-15(16)12-17(19)10-11-22(20)23;1-22-18-8-4-2-7-15(18)13-17-20(22)11-10-16-12-14-6-3-5-9-19(14)23(24)21(16)17;1-22-18-8-4-2-6-14(18)10-16-13-21-17(12-20(16)22)11-15-7-3-5-9-19(15)23(21)24;1-15-13-8-4-2-6-11(13)10-12-7-3-5-9-14(12)15;8*1-2;;;;;/h2*2-11H,12-14H2,1H3;2-11H,12-13,24H2,1H3;2-9,12-13H,10-11,24H2,1H3;2-9H,10H2,1H3;8*2H2,1H3;5*1H4. The topological polar surface area (TPSA) is 22.7 Å². The van der Waals surface area contributed by atoms with Crippen molar-refractivity contribution in [2.45, 2.75) is 108 Å². The molecule has 130 heavy (non-hydrogen) atoms. The van der Waals surface area contributed by atoms with Crippen molar-refractivity contribution in [1.29, 1.82) is 0 Å². The van der Waals surface area contributed by atoms with Crippen molar-refractivity contribution >= 4 is 172 Å². The van der Waals surface area contributed by atoms with Gasteiger partial charge in [0.2, 0.25) is 0 Å². The normalized spacial score (nSPS) is 12.4. The van der Waals surface area contributed by atoms with Crippen LogP contribution in [0.15, 0.2) is 291 Å². The van der Waals surface area contributed by atoms with E-state index < -0.39 is 0 Å². The molecule has 0 N–H and O–H groups in total. The van der Waals surface area contributed by atoms with Gasteiger partial charge in [0.1, 0.15) is 0 Å². The zero-order chi connectivity index (χ0) is 89.5. The van der Waals surface area contributed by atoms with Gasteiger partial charge >= 0.3 is 0 Å². The van der Waals surface area contributed by atoms with Gasteiger partial charge in [0.05, 0.1) is 5.69 Å².